The van der Waals surface area contributed by atoms with Gasteiger partial charge in [0.15, 0.2) is 0 Å². The van der Waals surface area contributed by atoms with Gasteiger partial charge in [0, 0.05) is 10.8 Å². The molecule has 0 aliphatic carbocycles. The molecule has 0 N–H and O–H groups in total. The van der Waals surface area contributed by atoms with Crippen LogP contribution >= 0.6 is 0 Å². The molecule has 43 heavy (non-hydrogen) atoms. The highest BCUT2D eigenvalue weighted by atomic mass is 16.3. The largest absolute Gasteiger partial charge is 0.456 e. The van der Waals surface area contributed by atoms with Crippen LogP contribution in [-0.2, 0) is 0 Å². The Morgan fingerprint density at radius 2 is 1.05 bits per heavy atom. The molecular formula is C42H26O. The third kappa shape index (κ3) is 3.65. The fraction of sp³-hybridized carbons (Fsp3) is 0. The van der Waals surface area contributed by atoms with Crippen LogP contribution in [0.1, 0.15) is 17.8 Å². The molecular weight excluding hydrogens is 520 g/mol. The molecule has 8 aromatic carbocycles. The van der Waals surface area contributed by atoms with Crippen molar-refractivity contribution in [1.82, 2.24) is 0 Å². The Bertz CT molecular complexity index is 3130. The number of fused-ring (bicyclic) bond motifs is 6. The lowest BCUT2D eigenvalue weighted by molar-refractivity contribution is 0.669. The second-order valence-electron chi connectivity index (χ2n) is 10.3. The normalized spacial score (nSPS) is 16.0. The third-order valence-corrected chi connectivity index (χ3v) is 7.99. The van der Waals surface area contributed by atoms with Gasteiger partial charge in [-0.3, -0.25) is 0 Å². The molecule has 200 valence electrons. The van der Waals surface area contributed by atoms with Gasteiger partial charge in [0.25, 0.3) is 0 Å². The standard InChI is InChI=1S/C42H26O/c1-2-13-28(14-3-1)40-32-17-6-8-19-34(32)41(35-20-9-7-18-33(35)40)37-22-11-23-38-42(37)36-25-24-29(26-39(36)43-38)31-21-10-15-27-12-4-5-16-30(27)31/h1-26H/i1D,2D,3D,6D,7D,8D,9D,13D,14D,17D,18D,19D,20D. The summed E-state index contributed by atoms with van der Waals surface area (Å²) in [7, 11) is 0. The van der Waals surface area contributed by atoms with Crippen molar-refractivity contribution in [2.75, 3.05) is 0 Å². The number of benzene rings is 8. The Morgan fingerprint density at radius 1 is 0.419 bits per heavy atom. The summed E-state index contributed by atoms with van der Waals surface area (Å²) < 4.78 is 121. The first-order chi connectivity index (χ1) is 26.7. The lowest BCUT2D eigenvalue weighted by Gasteiger charge is -2.18. The Kier molecular flexibility index (Phi) is 3.18. The molecule has 0 saturated heterocycles. The summed E-state index contributed by atoms with van der Waals surface area (Å²) in [5.74, 6) is 0. The Labute approximate surface area is 267 Å². The topological polar surface area (TPSA) is 13.1 Å². The first kappa shape index (κ1) is 14.5. The molecule has 0 unspecified atom stereocenters. The summed E-state index contributed by atoms with van der Waals surface area (Å²) in [5.41, 5.74) is 2.40. The van der Waals surface area contributed by atoms with Gasteiger partial charge in [0.1, 0.15) is 11.2 Å². The zero-order valence-electron chi connectivity index (χ0n) is 35.4. The van der Waals surface area contributed by atoms with E-state index in [-0.39, 0.29) is 32.7 Å². The zero-order valence-corrected chi connectivity index (χ0v) is 22.4. The maximum atomic E-state index is 9.32. The van der Waals surface area contributed by atoms with Gasteiger partial charge in [-0.15, -0.1) is 0 Å². The van der Waals surface area contributed by atoms with Crippen LogP contribution in [0.4, 0.5) is 0 Å². The molecule has 0 atom stereocenters. The molecule has 1 nitrogen and oxygen atoms in total. The van der Waals surface area contributed by atoms with Gasteiger partial charge in [-0.1, -0.05) is 139 Å². The van der Waals surface area contributed by atoms with Crippen molar-refractivity contribution >= 4 is 54.3 Å². The van der Waals surface area contributed by atoms with Crippen LogP contribution in [0.5, 0.6) is 0 Å². The van der Waals surface area contributed by atoms with E-state index in [9.17, 15) is 5.48 Å². The molecule has 0 spiro atoms. The molecule has 9 rings (SSSR count). The molecule has 1 heteroatoms. The van der Waals surface area contributed by atoms with Gasteiger partial charge in [-0.05, 0) is 83.9 Å². The summed E-state index contributed by atoms with van der Waals surface area (Å²) in [6, 6.07) is 16.5. The fourth-order valence-corrected chi connectivity index (χ4v) is 6.20. The maximum Gasteiger partial charge on any atom is 0.136 e. The second kappa shape index (κ2) is 9.44. The molecule has 0 saturated carbocycles. The summed E-state index contributed by atoms with van der Waals surface area (Å²) in [4.78, 5) is 0. The van der Waals surface area contributed by atoms with Crippen molar-refractivity contribution in [3.63, 3.8) is 0 Å². The van der Waals surface area contributed by atoms with Crippen molar-refractivity contribution in [3.05, 3.63) is 157 Å². The van der Waals surface area contributed by atoms with Gasteiger partial charge < -0.3 is 4.42 Å². The second-order valence-corrected chi connectivity index (χ2v) is 10.3. The first-order valence-corrected chi connectivity index (χ1v) is 13.7. The molecule has 0 aliphatic heterocycles. The first-order valence-electron chi connectivity index (χ1n) is 20.2. The number of hydrogen-bond acceptors (Lipinski definition) is 1. The predicted molar refractivity (Wildman–Crippen MR) is 183 cm³/mol. The van der Waals surface area contributed by atoms with Crippen molar-refractivity contribution < 1.29 is 22.2 Å². The molecule has 1 heterocycles. The van der Waals surface area contributed by atoms with Crippen molar-refractivity contribution in [2.45, 2.75) is 0 Å². The summed E-state index contributed by atoms with van der Waals surface area (Å²) in [6.07, 6.45) is 0. The van der Waals surface area contributed by atoms with Gasteiger partial charge in [0.05, 0.1) is 17.8 Å². The molecule has 0 fully saturated rings. The minimum absolute atomic E-state index is 0.0524. The van der Waals surface area contributed by atoms with Gasteiger partial charge >= 0.3 is 0 Å². The van der Waals surface area contributed by atoms with E-state index >= 15 is 0 Å². The van der Waals surface area contributed by atoms with E-state index in [1.165, 1.54) is 0 Å². The van der Waals surface area contributed by atoms with Crippen LogP contribution in [-0.4, -0.2) is 0 Å². The minimum Gasteiger partial charge on any atom is -0.456 e. The Hall–Kier alpha value is -5.66. The van der Waals surface area contributed by atoms with E-state index in [0.717, 1.165) is 21.9 Å². The van der Waals surface area contributed by atoms with Gasteiger partial charge in [-0.25, -0.2) is 0 Å². The van der Waals surface area contributed by atoms with Crippen LogP contribution in [0.2, 0.25) is 0 Å². The van der Waals surface area contributed by atoms with Gasteiger partial charge in [-0.2, -0.15) is 0 Å². The highest BCUT2D eigenvalue weighted by Crippen LogP contribution is 2.47. The van der Waals surface area contributed by atoms with Crippen LogP contribution in [0, 0.1) is 0 Å². The van der Waals surface area contributed by atoms with E-state index in [1.807, 2.05) is 60.7 Å². The summed E-state index contributed by atoms with van der Waals surface area (Å²) in [6.45, 7) is 0. The average Bonchev–Trinajstić information content (AvgIpc) is 3.59. The van der Waals surface area contributed by atoms with E-state index in [2.05, 4.69) is 0 Å². The Morgan fingerprint density at radius 3 is 1.81 bits per heavy atom. The van der Waals surface area contributed by atoms with E-state index in [0.29, 0.717) is 27.5 Å². The molecule has 0 radical (unpaired) electrons. The third-order valence-electron chi connectivity index (χ3n) is 7.99. The molecule has 0 bridgehead atoms. The monoisotopic (exact) mass is 559 g/mol. The zero-order chi connectivity index (χ0) is 39.6. The average molecular weight is 560 g/mol. The molecule has 1 aromatic heterocycles. The minimum atomic E-state index is -0.717. The van der Waals surface area contributed by atoms with E-state index in [4.69, 9.17) is 16.8 Å². The maximum absolute atomic E-state index is 9.32. The molecule has 9 aromatic rings. The van der Waals surface area contributed by atoms with Crippen LogP contribution < -0.4 is 0 Å². The highest BCUT2D eigenvalue weighted by molar-refractivity contribution is 6.25. The summed E-state index contributed by atoms with van der Waals surface area (Å²) in [5, 5.41) is 2.45. The van der Waals surface area contributed by atoms with Crippen LogP contribution in [0.3, 0.4) is 0 Å². The van der Waals surface area contributed by atoms with Crippen LogP contribution in [0.25, 0.3) is 87.6 Å². The lowest BCUT2D eigenvalue weighted by Crippen LogP contribution is -1.91. The SMILES string of the molecule is [2H]c1c([2H])c([2H])c(-c2c3c([2H])c([2H])c([2H])c([2H])c3c(-c3cccc4oc5cc(-c6cccc7ccccc67)ccc5c34)c3c([2H])c([2H])c([2H])c([2H])c23)c([2H])c1[2H]. The van der Waals surface area contributed by atoms with Crippen molar-refractivity contribution in [1.29, 1.82) is 0 Å². The lowest BCUT2D eigenvalue weighted by atomic mass is 9.85. The Balaban J connectivity index is 1.50. The molecule has 0 amide bonds. The van der Waals surface area contributed by atoms with Gasteiger partial charge in [0.2, 0.25) is 0 Å². The van der Waals surface area contributed by atoms with E-state index < -0.39 is 84.1 Å². The van der Waals surface area contributed by atoms with Crippen LogP contribution in [0.15, 0.2) is 162 Å². The molecule has 0 aliphatic rings. The van der Waals surface area contributed by atoms with Crippen molar-refractivity contribution in [2.24, 2.45) is 0 Å². The number of hydrogen-bond donors (Lipinski definition) is 0. The number of furan rings is 1. The number of rotatable bonds is 3. The predicted octanol–water partition coefficient (Wildman–Crippen LogP) is 12.0. The summed E-state index contributed by atoms with van der Waals surface area (Å²) >= 11 is 0. The quantitative estimate of drug-likeness (QED) is 0.196. The van der Waals surface area contributed by atoms with E-state index in [1.54, 1.807) is 18.2 Å². The smallest absolute Gasteiger partial charge is 0.136 e. The van der Waals surface area contributed by atoms with Crippen molar-refractivity contribution in [3.8, 4) is 33.4 Å². The highest BCUT2D eigenvalue weighted by Gasteiger charge is 2.20. The fourth-order valence-electron chi connectivity index (χ4n) is 6.20.